The highest BCUT2D eigenvalue weighted by Gasteiger charge is 1.94. The summed E-state index contributed by atoms with van der Waals surface area (Å²) in [5, 5.41) is 0.543. The number of halogens is 2. The molecule has 0 aliphatic carbocycles. The van der Waals surface area contributed by atoms with Crippen LogP contribution < -0.4 is 0 Å². The maximum atomic E-state index is 5.57. The monoisotopic (exact) mass is 206 g/mol. The van der Waals surface area contributed by atoms with Gasteiger partial charge in [0, 0.05) is 9.51 Å². The van der Waals surface area contributed by atoms with Crippen LogP contribution in [0.4, 0.5) is 0 Å². The summed E-state index contributed by atoms with van der Waals surface area (Å²) in [6.45, 7) is 8.99. The Morgan fingerprint density at radius 1 is 1.67 bits per heavy atom. The molecule has 9 heavy (non-hydrogen) atoms. The number of hydrogen-bond acceptors (Lipinski definition) is 0. The van der Waals surface area contributed by atoms with Gasteiger partial charge in [0.1, 0.15) is 0 Å². The second-order valence-electron chi connectivity index (χ2n) is 1.58. The first-order chi connectivity index (χ1) is 4.09. The van der Waals surface area contributed by atoms with Crippen LogP contribution in [0.2, 0.25) is 0 Å². The predicted molar refractivity (Wildman–Crippen MR) is 46.8 cm³/mol. The van der Waals surface area contributed by atoms with Crippen LogP contribution in [0.25, 0.3) is 0 Å². The maximum absolute atomic E-state index is 5.57. The fourth-order valence-electron chi connectivity index (χ4n) is 0.283. The highest BCUT2D eigenvalue weighted by molar-refractivity contribution is 9.11. The zero-order valence-corrected chi connectivity index (χ0v) is 7.59. The largest absolute Gasteiger partial charge is 0.0979 e. The minimum atomic E-state index is 0.543. The molecule has 0 aromatic carbocycles. The van der Waals surface area contributed by atoms with Gasteiger partial charge in [0.25, 0.3) is 0 Å². The first-order valence-corrected chi connectivity index (χ1v) is 3.60. The Kier molecular flexibility index (Phi) is 3.91. The average Bonchev–Trinajstić information content (AvgIpc) is 1.84. The van der Waals surface area contributed by atoms with E-state index >= 15 is 0 Å². The Labute approximate surface area is 69.0 Å². The van der Waals surface area contributed by atoms with E-state index < -0.39 is 0 Å². The Balaban J connectivity index is 4.47. The van der Waals surface area contributed by atoms with Gasteiger partial charge < -0.3 is 0 Å². The van der Waals surface area contributed by atoms with E-state index in [1.54, 1.807) is 6.08 Å². The minimum absolute atomic E-state index is 0.543. The zero-order valence-electron chi connectivity index (χ0n) is 5.25. The van der Waals surface area contributed by atoms with Crippen molar-refractivity contribution in [1.82, 2.24) is 0 Å². The molecule has 0 saturated carbocycles. The van der Waals surface area contributed by atoms with Crippen LogP contribution in [0.15, 0.2) is 34.3 Å². The zero-order chi connectivity index (χ0) is 7.44. The average molecular weight is 207 g/mol. The fourth-order valence-corrected chi connectivity index (χ4v) is 0.738. The number of allylic oxidation sites excluding steroid dienone is 4. The van der Waals surface area contributed by atoms with Crippen LogP contribution in [0, 0.1) is 0 Å². The second kappa shape index (κ2) is 3.91. The molecule has 0 amide bonds. The van der Waals surface area contributed by atoms with E-state index in [-0.39, 0.29) is 0 Å². The topological polar surface area (TPSA) is 0 Å². The first-order valence-electron chi connectivity index (χ1n) is 2.43. The Morgan fingerprint density at radius 3 is 2.22 bits per heavy atom. The van der Waals surface area contributed by atoms with Crippen molar-refractivity contribution in [1.29, 1.82) is 0 Å². The summed E-state index contributed by atoms with van der Waals surface area (Å²) in [7, 11) is 0. The van der Waals surface area contributed by atoms with Gasteiger partial charge in [0.2, 0.25) is 0 Å². The maximum Gasteiger partial charge on any atom is 0.0374 e. The third-order valence-corrected chi connectivity index (χ3v) is 2.15. The van der Waals surface area contributed by atoms with Crippen molar-refractivity contribution in [3.05, 3.63) is 34.3 Å². The molecular formula is C7H8BrCl. The molecule has 0 unspecified atom stereocenters. The summed E-state index contributed by atoms with van der Waals surface area (Å²) in [5.41, 5.74) is 0.923. The molecule has 0 nitrogen and oxygen atoms in total. The van der Waals surface area contributed by atoms with E-state index in [1.807, 2.05) is 6.92 Å². The van der Waals surface area contributed by atoms with Crippen LogP contribution in [0.3, 0.4) is 0 Å². The molecule has 0 aliphatic rings. The molecule has 0 radical (unpaired) electrons. The van der Waals surface area contributed by atoms with E-state index in [0.717, 1.165) is 10.1 Å². The van der Waals surface area contributed by atoms with Crippen molar-refractivity contribution in [3.63, 3.8) is 0 Å². The third kappa shape index (κ3) is 2.87. The number of rotatable bonds is 2. The summed E-state index contributed by atoms with van der Waals surface area (Å²) in [5.74, 6) is 0. The summed E-state index contributed by atoms with van der Waals surface area (Å²) in [6, 6.07) is 0. The molecule has 0 rings (SSSR count). The summed E-state index contributed by atoms with van der Waals surface area (Å²) >= 11 is 8.83. The van der Waals surface area contributed by atoms with Gasteiger partial charge in [-0.3, -0.25) is 0 Å². The summed E-state index contributed by atoms with van der Waals surface area (Å²) in [6.07, 6.45) is 1.68. The lowest BCUT2D eigenvalue weighted by Gasteiger charge is -1.96. The molecule has 0 fully saturated rings. The van der Waals surface area contributed by atoms with E-state index in [0.29, 0.717) is 5.03 Å². The first kappa shape index (κ1) is 8.99. The van der Waals surface area contributed by atoms with E-state index in [1.165, 1.54) is 0 Å². The van der Waals surface area contributed by atoms with Crippen LogP contribution >= 0.6 is 27.5 Å². The van der Waals surface area contributed by atoms with Crippen molar-refractivity contribution < 1.29 is 0 Å². The van der Waals surface area contributed by atoms with Crippen molar-refractivity contribution in [3.8, 4) is 0 Å². The number of hydrogen-bond donors (Lipinski definition) is 0. The molecule has 0 aromatic rings. The van der Waals surface area contributed by atoms with Crippen LogP contribution in [0.5, 0.6) is 0 Å². The second-order valence-corrected chi connectivity index (χ2v) is 2.89. The molecule has 0 bridgehead atoms. The summed E-state index contributed by atoms with van der Waals surface area (Å²) < 4.78 is 0.891. The Hall–Kier alpha value is -0.0100. The highest BCUT2D eigenvalue weighted by Crippen LogP contribution is 2.20. The quantitative estimate of drug-likeness (QED) is 0.607. The van der Waals surface area contributed by atoms with Gasteiger partial charge in [0.05, 0.1) is 0 Å². The lowest BCUT2D eigenvalue weighted by Crippen LogP contribution is -1.74. The third-order valence-electron chi connectivity index (χ3n) is 0.944. The van der Waals surface area contributed by atoms with Crippen molar-refractivity contribution in [2.24, 2.45) is 0 Å². The molecule has 0 aliphatic heterocycles. The van der Waals surface area contributed by atoms with Crippen molar-refractivity contribution in [2.45, 2.75) is 6.92 Å². The van der Waals surface area contributed by atoms with Crippen LogP contribution in [0.1, 0.15) is 6.92 Å². The van der Waals surface area contributed by atoms with Gasteiger partial charge in [-0.15, -0.1) is 0 Å². The molecular weight excluding hydrogens is 199 g/mol. The van der Waals surface area contributed by atoms with Gasteiger partial charge in [0.15, 0.2) is 0 Å². The molecule has 0 N–H and O–H groups in total. The van der Waals surface area contributed by atoms with Gasteiger partial charge >= 0.3 is 0 Å². The lowest BCUT2D eigenvalue weighted by molar-refractivity contribution is 1.50. The highest BCUT2D eigenvalue weighted by atomic mass is 79.9. The normalized spacial score (nSPS) is 12.3. The van der Waals surface area contributed by atoms with E-state index in [4.69, 9.17) is 11.6 Å². The molecule has 0 aromatic heterocycles. The Bertz CT molecular complexity index is 168. The molecule has 0 saturated heterocycles. The standard InChI is InChI=1S/C7H8BrCl/c1-4-7(8)5(2)6(3)9/h4H,1,3H2,2H3/b7-5+. The SMILES string of the molecule is C=C/C(Br)=C(/C)C(=C)Cl. The van der Waals surface area contributed by atoms with Gasteiger partial charge in [-0.1, -0.05) is 46.8 Å². The molecule has 0 atom stereocenters. The van der Waals surface area contributed by atoms with Crippen molar-refractivity contribution in [2.75, 3.05) is 0 Å². The molecule has 50 valence electrons. The molecule has 0 heterocycles. The smallest absolute Gasteiger partial charge is 0.0374 e. The lowest BCUT2D eigenvalue weighted by atomic mass is 10.3. The van der Waals surface area contributed by atoms with Crippen molar-refractivity contribution >= 4 is 27.5 Å². The molecule has 0 spiro atoms. The van der Waals surface area contributed by atoms with E-state index in [2.05, 4.69) is 29.1 Å². The van der Waals surface area contributed by atoms with Gasteiger partial charge in [-0.05, 0) is 12.5 Å². The van der Waals surface area contributed by atoms with Gasteiger partial charge in [-0.2, -0.15) is 0 Å². The minimum Gasteiger partial charge on any atom is -0.0979 e. The van der Waals surface area contributed by atoms with Crippen LogP contribution in [-0.2, 0) is 0 Å². The summed E-state index contributed by atoms with van der Waals surface area (Å²) in [4.78, 5) is 0. The Morgan fingerprint density at radius 2 is 2.11 bits per heavy atom. The van der Waals surface area contributed by atoms with E-state index in [9.17, 15) is 0 Å². The fraction of sp³-hybridized carbons (Fsp3) is 0.143. The van der Waals surface area contributed by atoms with Crippen LogP contribution in [-0.4, -0.2) is 0 Å². The van der Waals surface area contributed by atoms with Gasteiger partial charge in [-0.25, -0.2) is 0 Å². The molecule has 2 heteroatoms. The predicted octanol–water partition coefficient (Wildman–Crippen LogP) is 3.59.